The van der Waals surface area contributed by atoms with Gasteiger partial charge in [-0.05, 0) is 17.4 Å². The Morgan fingerprint density at radius 1 is 1.41 bits per heavy atom. The van der Waals surface area contributed by atoms with E-state index in [0.717, 1.165) is 17.4 Å². The van der Waals surface area contributed by atoms with Crippen LogP contribution in [0.15, 0.2) is 11.6 Å². The molecule has 27 heavy (non-hydrogen) atoms. The molecule has 0 saturated heterocycles. The number of hydrogen-bond acceptors (Lipinski definition) is 8. The number of thiazole rings is 1. The van der Waals surface area contributed by atoms with E-state index in [4.69, 9.17) is 5.73 Å². The van der Waals surface area contributed by atoms with Crippen LogP contribution in [0.4, 0.5) is 11.1 Å². The minimum atomic E-state index is -0.340. The van der Waals surface area contributed by atoms with Gasteiger partial charge in [0, 0.05) is 23.6 Å². The molecule has 4 rings (SSSR count). The molecule has 0 bridgehead atoms. The summed E-state index contributed by atoms with van der Waals surface area (Å²) in [6.45, 7) is 4.09. The van der Waals surface area contributed by atoms with Crippen LogP contribution in [0, 0.1) is 0 Å². The lowest BCUT2D eigenvalue weighted by atomic mass is 9.73. The molecule has 0 atom stereocenters. The number of nitrogens with zero attached hydrogens (tertiary/aromatic N) is 4. The molecule has 0 aromatic carbocycles. The number of aldehydes is 1. The van der Waals surface area contributed by atoms with E-state index in [1.807, 2.05) is 13.8 Å². The Kier molecular flexibility index (Phi) is 3.99. The lowest BCUT2D eigenvalue weighted by molar-refractivity contribution is -0.107. The average Bonchev–Trinajstić information content (AvgIpc) is 3.23. The zero-order valence-corrected chi connectivity index (χ0v) is 15.6. The standard InChI is InChI=1S/C17H17N7O2S/c1-17(2)5-8-6-19-15(18)21-11(8)12-10(17)13(24-23-12)14(26)22-16-20-9(3-4-25)7-27-16/h4,6-7H,3,5H2,1-2H3,(H,23,24)(H2,18,19,21)(H,20,22,26). The second-order valence-electron chi connectivity index (χ2n) is 6.95. The molecule has 3 heterocycles. The Labute approximate surface area is 158 Å². The molecule has 10 heteroatoms. The summed E-state index contributed by atoms with van der Waals surface area (Å²) < 4.78 is 0. The minimum absolute atomic E-state index is 0.166. The van der Waals surface area contributed by atoms with Gasteiger partial charge in [-0.1, -0.05) is 13.8 Å². The molecule has 0 radical (unpaired) electrons. The van der Waals surface area contributed by atoms with E-state index in [0.29, 0.717) is 34.3 Å². The largest absolute Gasteiger partial charge is 0.368 e. The molecule has 138 valence electrons. The molecule has 3 aromatic rings. The molecule has 0 saturated carbocycles. The van der Waals surface area contributed by atoms with Crippen molar-refractivity contribution in [3.05, 3.63) is 34.1 Å². The predicted octanol–water partition coefficient (Wildman–Crippen LogP) is 1.73. The highest BCUT2D eigenvalue weighted by Gasteiger charge is 2.38. The molecule has 1 amide bonds. The molecule has 0 aliphatic heterocycles. The molecular formula is C17H17N7O2S. The minimum Gasteiger partial charge on any atom is -0.368 e. The number of rotatable bonds is 4. The van der Waals surface area contributed by atoms with Gasteiger partial charge in [0.05, 0.1) is 11.4 Å². The van der Waals surface area contributed by atoms with Crippen LogP contribution in [0.5, 0.6) is 0 Å². The van der Waals surface area contributed by atoms with Crippen LogP contribution < -0.4 is 11.1 Å². The third-order valence-corrected chi connectivity index (χ3v) is 5.28. The van der Waals surface area contributed by atoms with Crippen molar-refractivity contribution in [1.82, 2.24) is 25.1 Å². The zero-order valence-electron chi connectivity index (χ0n) is 14.7. The Morgan fingerprint density at radius 3 is 3.00 bits per heavy atom. The van der Waals surface area contributed by atoms with Crippen molar-refractivity contribution in [2.45, 2.75) is 32.1 Å². The maximum Gasteiger partial charge on any atom is 0.275 e. The fraction of sp³-hybridized carbons (Fsp3) is 0.294. The summed E-state index contributed by atoms with van der Waals surface area (Å²) in [6.07, 6.45) is 3.37. The second-order valence-corrected chi connectivity index (χ2v) is 7.81. The van der Waals surface area contributed by atoms with E-state index in [1.54, 1.807) is 11.6 Å². The number of hydrogen-bond donors (Lipinski definition) is 3. The van der Waals surface area contributed by atoms with Crippen LogP contribution >= 0.6 is 11.3 Å². The molecule has 0 unspecified atom stereocenters. The van der Waals surface area contributed by atoms with Gasteiger partial charge in [-0.2, -0.15) is 5.10 Å². The predicted molar refractivity (Wildman–Crippen MR) is 101 cm³/mol. The first-order valence-corrected chi connectivity index (χ1v) is 9.17. The number of H-pyrrole nitrogens is 1. The van der Waals surface area contributed by atoms with E-state index in [-0.39, 0.29) is 23.7 Å². The van der Waals surface area contributed by atoms with Crippen molar-refractivity contribution in [2.24, 2.45) is 0 Å². The number of aromatic nitrogens is 5. The summed E-state index contributed by atoms with van der Waals surface area (Å²) in [6, 6.07) is 0. The van der Waals surface area contributed by atoms with E-state index in [9.17, 15) is 9.59 Å². The number of nitrogens with two attached hydrogens (primary N) is 1. The Balaban J connectivity index is 1.71. The molecule has 1 aliphatic carbocycles. The van der Waals surface area contributed by atoms with Crippen molar-refractivity contribution in [2.75, 3.05) is 11.1 Å². The van der Waals surface area contributed by atoms with Crippen molar-refractivity contribution in [3.63, 3.8) is 0 Å². The number of fused-ring (bicyclic) bond motifs is 3. The van der Waals surface area contributed by atoms with Crippen molar-refractivity contribution < 1.29 is 9.59 Å². The molecule has 0 spiro atoms. The normalized spacial score (nSPS) is 14.3. The van der Waals surface area contributed by atoms with Crippen molar-refractivity contribution >= 4 is 34.6 Å². The molecule has 9 nitrogen and oxygen atoms in total. The summed E-state index contributed by atoms with van der Waals surface area (Å²) in [5.74, 6) is -0.173. The fourth-order valence-corrected chi connectivity index (χ4v) is 4.08. The van der Waals surface area contributed by atoms with Gasteiger partial charge in [-0.15, -0.1) is 11.3 Å². The van der Waals surface area contributed by atoms with Gasteiger partial charge in [0.1, 0.15) is 17.7 Å². The van der Waals surface area contributed by atoms with Crippen LogP contribution in [-0.4, -0.2) is 37.3 Å². The molecule has 4 N–H and O–H groups in total. The zero-order chi connectivity index (χ0) is 19.2. The number of anilines is 2. The molecule has 3 aromatic heterocycles. The van der Waals surface area contributed by atoms with Crippen LogP contribution in [0.2, 0.25) is 0 Å². The Morgan fingerprint density at radius 2 is 2.22 bits per heavy atom. The molecular weight excluding hydrogens is 366 g/mol. The topological polar surface area (TPSA) is 140 Å². The number of carbonyl (C=O) groups is 2. The van der Waals surface area contributed by atoms with Crippen LogP contribution in [0.1, 0.15) is 41.2 Å². The van der Waals surface area contributed by atoms with Crippen molar-refractivity contribution in [3.8, 4) is 11.4 Å². The van der Waals surface area contributed by atoms with Gasteiger partial charge in [0.25, 0.3) is 5.91 Å². The monoisotopic (exact) mass is 383 g/mol. The van der Waals surface area contributed by atoms with Crippen LogP contribution in [-0.2, 0) is 23.1 Å². The fourth-order valence-electron chi connectivity index (χ4n) is 3.36. The average molecular weight is 383 g/mol. The van der Waals surface area contributed by atoms with Gasteiger partial charge in [-0.3, -0.25) is 15.2 Å². The SMILES string of the molecule is CC1(C)Cc2cnc(N)nc2-c2n[nH]c(C(=O)Nc3nc(CC=O)cs3)c21. The number of nitrogens with one attached hydrogen (secondary N) is 2. The summed E-state index contributed by atoms with van der Waals surface area (Å²) in [7, 11) is 0. The summed E-state index contributed by atoms with van der Waals surface area (Å²) in [5, 5.41) is 12.1. The van der Waals surface area contributed by atoms with Crippen molar-refractivity contribution in [1.29, 1.82) is 0 Å². The third-order valence-electron chi connectivity index (χ3n) is 4.47. The van der Waals surface area contributed by atoms with Gasteiger partial charge < -0.3 is 10.5 Å². The van der Waals surface area contributed by atoms with Gasteiger partial charge in [0.2, 0.25) is 5.95 Å². The first-order valence-electron chi connectivity index (χ1n) is 8.29. The van der Waals surface area contributed by atoms with E-state index in [2.05, 4.69) is 30.5 Å². The lowest BCUT2D eigenvalue weighted by Gasteiger charge is -2.30. The Hall–Kier alpha value is -3.14. The van der Waals surface area contributed by atoms with E-state index in [1.165, 1.54) is 11.3 Å². The van der Waals surface area contributed by atoms with Crippen LogP contribution in [0.3, 0.4) is 0 Å². The van der Waals surface area contributed by atoms with E-state index >= 15 is 0 Å². The highest BCUT2D eigenvalue weighted by Crippen LogP contribution is 2.42. The summed E-state index contributed by atoms with van der Waals surface area (Å²) in [5.41, 5.74) is 9.37. The highest BCUT2D eigenvalue weighted by atomic mass is 32.1. The van der Waals surface area contributed by atoms with Crippen LogP contribution in [0.25, 0.3) is 11.4 Å². The summed E-state index contributed by atoms with van der Waals surface area (Å²) >= 11 is 1.27. The maximum atomic E-state index is 12.8. The van der Waals surface area contributed by atoms with E-state index < -0.39 is 0 Å². The quantitative estimate of drug-likeness (QED) is 0.583. The van der Waals surface area contributed by atoms with Gasteiger partial charge >= 0.3 is 0 Å². The van der Waals surface area contributed by atoms with Gasteiger partial charge in [0.15, 0.2) is 5.13 Å². The molecule has 0 fully saturated rings. The smallest absolute Gasteiger partial charge is 0.275 e. The summed E-state index contributed by atoms with van der Waals surface area (Å²) in [4.78, 5) is 36.0. The number of carbonyl (C=O) groups excluding carboxylic acids is 2. The second kappa shape index (κ2) is 6.23. The molecule has 1 aliphatic rings. The third kappa shape index (κ3) is 2.97. The Bertz CT molecular complexity index is 1050. The highest BCUT2D eigenvalue weighted by molar-refractivity contribution is 7.14. The maximum absolute atomic E-state index is 12.8. The number of nitrogen functional groups attached to an aromatic ring is 1. The first kappa shape index (κ1) is 17.3. The number of amides is 1. The first-order chi connectivity index (χ1) is 12.9. The number of aromatic amines is 1. The van der Waals surface area contributed by atoms with Gasteiger partial charge in [-0.25, -0.2) is 15.0 Å². The lowest BCUT2D eigenvalue weighted by Crippen LogP contribution is -2.29.